The van der Waals surface area contributed by atoms with E-state index in [2.05, 4.69) is 29.6 Å². The lowest BCUT2D eigenvalue weighted by Gasteiger charge is -2.25. The Morgan fingerprint density at radius 3 is 2.21 bits per heavy atom. The molecule has 1 fully saturated rings. The van der Waals surface area contributed by atoms with Crippen LogP contribution in [0.5, 0.6) is 0 Å². The number of carbonyl (C=O) groups is 2. The normalized spacial score (nSPS) is 26.7. The Hall–Kier alpha value is -3.08. The molecule has 1 saturated carbocycles. The van der Waals surface area contributed by atoms with E-state index in [4.69, 9.17) is 4.74 Å². The van der Waals surface area contributed by atoms with E-state index in [-0.39, 0.29) is 24.4 Å². The predicted molar refractivity (Wildman–Crippen MR) is 104 cm³/mol. The SMILES string of the molecule is O=C(N[C@H]1[C@@H](C(=O)O)[C@@H]2C=C[C@H]1C2)OCC1c2ccccc2-c2ccccc21. The minimum Gasteiger partial charge on any atom is -0.481 e. The number of carbonyl (C=O) groups excluding carboxylic acids is 1. The molecule has 3 aliphatic carbocycles. The van der Waals surface area contributed by atoms with E-state index < -0.39 is 24.0 Å². The van der Waals surface area contributed by atoms with Crippen LogP contribution in [-0.2, 0) is 9.53 Å². The summed E-state index contributed by atoms with van der Waals surface area (Å²) < 4.78 is 5.57. The van der Waals surface area contributed by atoms with Crippen LogP contribution in [0.2, 0.25) is 0 Å². The number of amides is 1. The lowest BCUT2D eigenvalue weighted by atomic mass is 9.89. The third kappa shape index (κ3) is 2.61. The number of nitrogens with one attached hydrogen (secondary N) is 1. The minimum absolute atomic E-state index is 0.00128. The summed E-state index contributed by atoms with van der Waals surface area (Å²) in [5.41, 5.74) is 4.66. The number of hydrogen-bond acceptors (Lipinski definition) is 3. The van der Waals surface area contributed by atoms with E-state index >= 15 is 0 Å². The molecule has 3 aliphatic rings. The number of rotatable bonds is 4. The highest BCUT2D eigenvalue weighted by molar-refractivity contribution is 5.79. The summed E-state index contributed by atoms with van der Waals surface area (Å²) in [6, 6.07) is 15.9. The molecule has 4 atom stereocenters. The molecule has 0 unspecified atom stereocenters. The summed E-state index contributed by atoms with van der Waals surface area (Å²) in [6.45, 7) is 0.230. The molecule has 0 saturated heterocycles. The maximum atomic E-state index is 12.5. The van der Waals surface area contributed by atoms with Gasteiger partial charge in [0.25, 0.3) is 0 Å². The molecule has 2 aromatic rings. The zero-order valence-corrected chi connectivity index (χ0v) is 15.2. The van der Waals surface area contributed by atoms with Crippen molar-refractivity contribution in [1.29, 1.82) is 0 Å². The smallest absolute Gasteiger partial charge is 0.407 e. The van der Waals surface area contributed by atoms with Crippen LogP contribution in [0, 0.1) is 17.8 Å². The van der Waals surface area contributed by atoms with Gasteiger partial charge in [-0.05, 0) is 40.5 Å². The molecule has 142 valence electrons. The number of alkyl carbamates (subject to hydrolysis) is 1. The number of ether oxygens (including phenoxy) is 1. The fraction of sp³-hybridized carbons (Fsp3) is 0.304. The van der Waals surface area contributed by atoms with Crippen molar-refractivity contribution in [1.82, 2.24) is 5.32 Å². The van der Waals surface area contributed by atoms with Gasteiger partial charge in [-0.25, -0.2) is 4.79 Å². The zero-order chi connectivity index (χ0) is 19.3. The third-order valence-electron chi connectivity index (χ3n) is 6.37. The Balaban J connectivity index is 1.30. The van der Waals surface area contributed by atoms with Gasteiger partial charge >= 0.3 is 12.1 Å². The second kappa shape index (κ2) is 6.51. The Morgan fingerprint density at radius 2 is 1.57 bits per heavy atom. The lowest BCUT2D eigenvalue weighted by Crippen LogP contribution is -2.46. The van der Waals surface area contributed by atoms with Gasteiger partial charge in [0.15, 0.2) is 0 Å². The Kier molecular flexibility index (Phi) is 3.97. The van der Waals surface area contributed by atoms with Gasteiger partial charge in [-0.3, -0.25) is 4.79 Å². The largest absolute Gasteiger partial charge is 0.481 e. The number of carboxylic acid groups (broad SMARTS) is 1. The Morgan fingerprint density at radius 1 is 0.964 bits per heavy atom. The molecule has 0 aliphatic heterocycles. The molecular weight excluding hydrogens is 354 g/mol. The van der Waals surface area contributed by atoms with E-state index in [1.807, 2.05) is 36.4 Å². The van der Waals surface area contributed by atoms with Crippen molar-refractivity contribution in [3.05, 3.63) is 71.8 Å². The zero-order valence-electron chi connectivity index (χ0n) is 15.2. The van der Waals surface area contributed by atoms with Gasteiger partial charge in [0.1, 0.15) is 6.61 Å². The van der Waals surface area contributed by atoms with Gasteiger partial charge in [-0.1, -0.05) is 60.7 Å². The molecule has 2 N–H and O–H groups in total. The summed E-state index contributed by atoms with van der Waals surface area (Å²) in [7, 11) is 0. The molecule has 1 amide bonds. The van der Waals surface area contributed by atoms with Crippen LogP contribution in [0.1, 0.15) is 23.5 Å². The molecule has 0 spiro atoms. The highest BCUT2D eigenvalue weighted by atomic mass is 16.5. The standard InChI is InChI=1S/C23H21NO4/c25-22(26)20-13-9-10-14(11-13)21(20)24-23(27)28-12-19-17-7-3-1-5-15(17)16-6-2-4-8-18(16)19/h1-10,13-14,19-21H,11-12H2,(H,24,27)(H,25,26)/t13-,14+,20+,21-/m1/s1. The highest BCUT2D eigenvalue weighted by Crippen LogP contribution is 2.45. The number of aliphatic carboxylic acids is 1. The third-order valence-corrected chi connectivity index (χ3v) is 6.37. The molecule has 2 bridgehead atoms. The van der Waals surface area contributed by atoms with E-state index in [1.165, 1.54) is 11.1 Å². The number of hydrogen-bond donors (Lipinski definition) is 2. The molecule has 5 rings (SSSR count). The number of allylic oxidation sites excluding steroid dienone is 1. The van der Waals surface area contributed by atoms with Crippen molar-refractivity contribution in [3.8, 4) is 11.1 Å². The van der Waals surface area contributed by atoms with Crippen LogP contribution in [0.3, 0.4) is 0 Å². The summed E-state index contributed by atoms with van der Waals surface area (Å²) >= 11 is 0. The molecule has 0 radical (unpaired) electrons. The van der Waals surface area contributed by atoms with Crippen molar-refractivity contribution in [2.24, 2.45) is 17.8 Å². The second-order valence-corrected chi connectivity index (χ2v) is 7.81. The topological polar surface area (TPSA) is 75.6 Å². The van der Waals surface area contributed by atoms with Gasteiger partial charge in [0, 0.05) is 5.92 Å². The van der Waals surface area contributed by atoms with Crippen LogP contribution >= 0.6 is 0 Å². The summed E-state index contributed by atoms with van der Waals surface area (Å²) in [4.78, 5) is 24.1. The van der Waals surface area contributed by atoms with Crippen molar-refractivity contribution >= 4 is 12.1 Å². The lowest BCUT2D eigenvalue weighted by molar-refractivity contribution is -0.143. The minimum atomic E-state index is -0.860. The van der Waals surface area contributed by atoms with Gasteiger partial charge in [-0.15, -0.1) is 0 Å². The highest BCUT2D eigenvalue weighted by Gasteiger charge is 2.49. The Labute approximate surface area is 163 Å². The quantitative estimate of drug-likeness (QED) is 0.797. The fourth-order valence-corrected chi connectivity index (χ4v) is 5.13. The van der Waals surface area contributed by atoms with Crippen molar-refractivity contribution in [2.45, 2.75) is 18.4 Å². The molecule has 2 aromatic carbocycles. The molecular formula is C23H21NO4. The maximum absolute atomic E-state index is 12.5. The van der Waals surface area contributed by atoms with Crippen molar-refractivity contribution in [3.63, 3.8) is 0 Å². The Bertz CT molecular complexity index is 937. The first-order valence-electron chi connectivity index (χ1n) is 9.66. The average Bonchev–Trinajstić information content (AvgIpc) is 3.38. The van der Waals surface area contributed by atoms with Gasteiger partial charge in [0.2, 0.25) is 0 Å². The predicted octanol–water partition coefficient (Wildman–Crippen LogP) is 3.80. The first-order valence-corrected chi connectivity index (χ1v) is 9.66. The average molecular weight is 375 g/mol. The monoisotopic (exact) mass is 375 g/mol. The summed E-state index contributed by atoms with van der Waals surface area (Å²) in [5.74, 6) is -1.36. The van der Waals surface area contributed by atoms with Gasteiger partial charge < -0.3 is 15.2 Å². The number of benzene rings is 2. The summed E-state index contributed by atoms with van der Waals surface area (Å²) in [5, 5.41) is 12.3. The van der Waals surface area contributed by atoms with Crippen molar-refractivity contribution in [2.75, 3.05) is 6.61 Å². The molecule has 5 heteroatoms. The van der Waals surface area contributed by atoms with Crippen LogP contribution in [0.15, 0.2) is 60.7 Å². The molecule has 0 aromatic heterocycles. The summed E-state index contributed by atoms with van der Waals surface area (Å²) in [6.07, 6.45) is 4.21. The van der Waals surface area contributed by atoms with Crippen LogP contribution < -0.4 is 5.32 Å². The maximum Gasteiger partial charge on any atom is 0.407 e. The first-order chi connectivity index (χ1) is 13.6. The van der Waals surface area contributed by atoms with Crippen LogP contribution in [0.4, 0.5) is 4.79 Å². The van der Waals surface area contributed by atoms with Crippen molar-refractivity contribution < 1.29 is 19.4 Å². The number of fused-ring (bicyclic) bond motifs is 5. The van der Waals surface area contributed by atoms with E-state index in [0.29, 0.717) is 0 Å². The van der Waals surface area contributed by atoms with E-state index in [0.717, 1.165) is 17.5 Å². The van der Waals surface area contributed by atoms with Gasteiger partial charge in [-0.2, -0.15) is 0 Å². The van der Waals surface area contributed by atoms with Crippen LogP contribution in [-0.4, -0.2) is 29.8 Å². The first kappa shape index (κ1) is 17.0. The second-order valence-electron chi connectivity index (χ2n) is 7.81. The molecule has 28 heavy (non-hydrogen) atoms. The number of carboxylic acids is 1. The fourth-order valence-electron chi connectivity index (χ4n) is 5.13. The molecule has 5 nitrogen and oxygen atoms in total. The van der Waals surface area contributed by atoms with E-state index in [9.17, 15) is 14.7 Å². The van der Waals surface area contributed by atoms with E-state index in [1.54, 1.807) is 0 Å². The molecule has 0 heterocycles. The van der Waals surface area contributed by atoms with Crippen LogP contribution in [0.25, 0.3) is 11.1 Å². The van der Waals surface area contributed by atoms with Gasteiger partial charge in [0.05, 0.1) is 12.0 Å².